The van der Waals surface area contributed by atoms with Crippen molar-refractivity contribution in [3.8, 4) is 0 Å². The molecule has 2 aliphatic rings. The highest BCUT2D eigenvalue weighted by molar-refractivity contribution is 8.00. The number of nitrogens with one attached hydrogen (secondary N) is 2. The number of hydrogen-bond donors (Lipinski definition) is 2. The van der Waals surface area contributed by atoms with Crippen LogP contribution in [0.15, 0.2) is 29.2 Å². The summed E-state index contributed by atoms with van der Waals surface area (Å²) in [5, 5.41) is 2.93. The molecule has 2 amide bonds. The van der Waals surface area contributed by atoms with E-state index in [1.54, 1.807) is 4.90 Å². The molecule has 0 aliphatic carbocycles. The van der Waals surface area contributed by atoms with Crippen LogP contribution in [0.3, 0.4) is 0 Å². The van der Waals surface area contributed by atoms with Crippen molar-refractivity contribution < 1.29 is 19.2 Å². The number of anilines is 1. The summed E-state index contributed by atoms with van der Waals surface area (Å²) in [5.74, 6) is 0.276. The summed E-state index contributed by atoms with van der Waals surface area (Å²) in [5.41, 5.74) is 0.836. The van der Waals surface area contributed by atoms with Gasteiger partial charge in [-0.2, -0.15) is 0 Å². The number of ether oxygens (including phenoxy) is 1. The van der Waals surface area contributed by atoms with Crippen LogP contribution in [0.1, 0.15) is 0 Å². The first-order valence-electron chi connectivity index (χ1n) is 7.94. The van der Waals surface area contributed by atoms with E-state index in [1.807, 2.05) is 24.3 Å². The number of hydrogen-bond acceptors (Lipinski definition) is 4. The molecular weight excluding hydrogens is 314 g/mol. The van der Waals surface area contributed by atoms with E-state index in [0.29, 0.717) is 12.3 Å². The maximum Gasteiger partial charge on any atom is 0.240 e. The highest BCUT2D eigenvalue weighted by Crippen LogP contribution is 2.34. The average Bonchev–Trinajstić information content (AvgIpc) is 2.58. The van der Waals surface area contributed by atoms with Gasteiger partial charge in [0.05, 0.1) is 37.7 Å². The molecule has 124 valence electrons. The molecule has 1 aromatic carbocycles. The van der Waals surface area contributed by atoms with E-state index in [1.165, 1.54) is 16.7 Å². The topological polar surface area (TPSA) is 63.1 Å². The van der Waals surface area contributed by atoms with Gasteiger partial charge < -0.3 is 19.9 Å². The Kier molecular flexibility index (Phi) is 5.53. The second-order valence-electron chi connectivity index (χ2n) is 5.70. The van der Waals surface area contributed by atoms with Crippen LogP contribution in [0.2, 0.25) is 0 Å². The van der Waals surface area contributed by atoms with Gasteiger partial charge in [-0.15, -0.1) is 11.8 Å². The Labute approximate surface area is 140 Å². The summed E-state index contributed by atoms with van der Waals surface area (Å²) >= 11 is 1.53. The number of amides is 2. The third-order valence-electron chi connectivity index (χ3n) is 4.11. The molecule has 1 fully saturated rings. The molecule has 7 heteroatoms. The second kappa shape index (κ2) is 7.81. The minimum atomic E-state index is -0.104. The summed E-state index contributed by atoms with van der Waals surface area (Å²) in [6.45, 7) is 5.19. The second-order valence-corrected chi connectivity index (χ2v) is 6.72. The van der Waals surface area contributed by atoms with E-state index in [9.17, 15) is 9.59 Å². The van der Waals surface area contributed by atoms with Gasteiger partial charge in [-0.3, -0.25) is 9.59 Å². The molecule has 0 radical (unpaired) electrons. The number of carbonyl (C=O) groups is 2. The molecule has 23 heavy (non-hydrogen) atoms. The SMILES string of the molecule is O=C(CN1C(=O)CSc2ccccc21)NCC[NH+]1CCOCC1. The summed E-state index contributed by atoms with van der Waals surface area (Å²) in [4.78, 5) is 28.4. The molecule has 6 nitrogen and oxygen atoms in total. The van der Waals surface area contributed by atoms with E-state index in [-0.39, 0.29) is 18.4 Å². The summed E-state index contributed by atoms with van der Waals surface area (Å²) in [6.07, 6.45) is 0. The van der Waals surface area contributed by atoms with E-state index in [0.717, 1.165) is 43.4 Å². The van der Waals surface area contributed by atoms with Crippen molar-refractivity contribution in [1.29, 1.82) is 0 Å². The molecule has 0 aromatic heterocycles. The molecule has 2 aliphatic heterocycles. The molecule has 1 saturated heterocycles. The predicted molar refractivity (Wildman–Crippen MR) is 88.9 cm³/mol. The van der Waals surface area contributed by atoms with E-state index < -0.39 is 0 Å². The van der Waals surface area contributed by atoms with Gasteiger partial charge in [0.25, 0.3) is 0 Å². The largest absolute Gasteiger partial charge is 0.370 e. The minimum absolute atomic E-state index is 0.0114. The van der Waals surface area contributed by atoms with Crippen molar-refractivity contribution in [2.75, 3.05) is 56.6 Å². The first kappa shape index (κ1) is 16.3. The first-order valence-corrected chi connectivity index (χ1v) is 8.93. The van der Waals surface area contributed by atoms with Crippen molar-refractivity contribution >= 4 is 29.3 Å². The van der Waals surface area contributed by atoms with Gasteiger partial charge in [-0.05, 0) is 12.1 Å². The zero-order valence-corrected chi connectivity index (χ0v) is 13.9. The molecule has 0 atom stereocenters. The fraction of sp³-hybridized carbons (Fsp3) is 0.500. The number of thioether (sulfide) groups is 1. The molecule has 0 unspecified atom stereocenters. The van der Waals surface area contributed by atoms with Crippen LogP contribution in [0, 0.1) is 0 Å². The molecule has 0 spiro atoms. The van der Waals surface area contributed by atoms with Crippen LogP contribution in [-0.2, 0) is 14.3 Å². The zero-order chi connectivity index (χ0) is 16.1. The van der Waals surface area contributed by atoms with Gasteiger partial charge in [0.1, 0.15) is 19.6 Å². The van der Waals surface area contributed by atoms with Crippen LogP contribution in [0.4, 0.5) is 5.69 Å². The Morgan fingerprint density at radius 3 is 2.91 bits per heavy atom. The number of rotatable bonds is 5. The molecule has 1 aromatic rings. The quantitative estimate of drug-likeness (QED) is 0.736. The highest BCUT2D eigenvalue weighted by Gasteiger charge is 2.26. The minimum Gasteiger partial charge on any atom is -0.370 e. The standard InChI is InChI=1S/C16H21N3O3S/c20-15(17-5-6-18-7-9-22-10-8-18)11-19-13-3-1-2-4-14(13)23-12-16(19)21/h1-4H,5-12H2,(H,17,20)/p+1. The third-order valence-corrected chi connectivity index (χ3v) is 5.16. The van der Waals surface area contributed by atoms with Crippen LogP contribution in [-0.4, -0.2) is 63.5 Å². The lowest BCUT2D eigenvalue weighted by Gasteiger charge is -2.28. The van der Waals surface area contributed by atoms with Gasteiger partial charge in [0.15, 0.2) is 0 Å². The Morgan fingerprint density at radius 2 is 2.09 bits per heavy atom. The Morgan fingerprint density at radius 1 is 1.30 bits per heavy atom. The van der Waals surface area contributed by atoms with E-state index in [2.05, 4.69) is 5.32 Å². The number of fused-ring (bicyclic) bond motifs is 1. The smallest absolute Gasteiger partial charge is 0.240 e. The Hall–Kier alpha value is -1.57. The number of benzene rings is 1. The molecule has 2 N–H and O–H groups in total. The number of morpholine rings is 1. The van der Waals surface area contributed by atoms with Gasteiger partial charge in [0, 0.05) is 4.90 Å². The maximum absolute atomic E-state index is 12.2. The van der Waals surface area contributed by atoms with Gasteiger partial charge >= 0.3 is 0 Å². The normalized spacial score (nSPS) is 18.6. The lowest BCUT2D eigenvalue weighted by atomic mass is 10.2. The van der Waals surface area contributed by atoms with Crippen molar-refractivity contribution in [3.63, 3.8) is 0 Å². The van der Waals surface area contributed by atoms with Crippen molar-refractivity contribution in [2.45, 2.75) is 4.90 Å². The fourth-order valence-corrected chi connectivity index (χ4v) is 3.75. The van der Waals surface area contributed by atoms with Gasteiger partial charge in [-0.25, -0.2) is 0 Å². The van der Waals surface area contributed by atoms with Crippen molar-refractivity contribution in [2.24, 2.45) is 0 Å². The number of carbonyl (C=O) groups excluding carboxylic acids is 2. The van der Waals surface area contributed by atoms with Gasteiger partial charge in [0.2, 0.25) is 11.8 Å². The fourth-order valence-electron chi connectivity index (χ4n) is 2.82. The molecule has 0 bridgehead atoms. The van der Waals surface area contributed by atoms with Gasteiger partial charge in [-0.1, -0.05) is 12.1 Å². The summed E-state index contributed by atoms with van der Waals surface area (Å²) < 4.78 is 5.32. The number of quaternary nitrogens is 1. The first-order chi connectivity index (χ1) is 11.2. The number of para-hydroxylation sites is 1. The van der Waals surface area contributed by atoms with Crippen molar-refractivity contribution in [3.05, 3.63) is 24.3 Å². The molecule has 3 rings (SSSR count). The maximum atomic E-state index is 12.2. The van der Waals surface area contributed by atoms with Crippen LogP contribution < -0.4 is 15.1 Å². The molecule has 2 heterocycles. The lowest BCUT2D eigenvalue weighted by Crippen LogP contribution is -3.14. The Balaban J connectivity index is 1.50. The predicted octanol–water partition coefficient (Wildman–Crippen LogP) is -0.843. The summed E-state index contributed by atoms with van der Waals surface area (Å²) in [6, 6.07) is 7.72. The van der Waals surface area contributed by atoms with Crippen LogP contribution in [0.5, 0.6) is 0 Å². The van der Waals surface area contributed by atoms with Crippen LogP contribution >= 0.6 is 11.8 Å². The lowest BCUT2D eigenvalue weighted by molar-refractivity contribution is -0.906. The van der Waals surface area contributed by atoms with E-state index >= 15 is 0 Å². The third kappa shape index (κ3) is 4.25. The van der Waals surface area contributed by atoms with E-state index in [4.69, 9.17) is 4.74 Å². The zero-order valence-electron chi connectivity index (χ0n) is 13.0. The van der Waals surface area contributed by atoms with Crippen molar-refractivity contribution in [1.82, 2.24) is 5.32 Å². The molecule has 0 saturated carbocycles. The molecular formula is C16H22N3O3S+. The summed E-state index contributed by atoms with van der Waals surface area (Å²) in [7, 11) is 0. The Bertz CT molecular complexity index is 575. The number of nitrogens with zero attached hydrogens (tertiary/aromatic N) is 1. The highest BCUT2D eigenvalue weighted by atomic mass is 32.2. The monoisotopic (exact) mass is 336 g/mol. The average molecular weight is 336 g/mol. The van der Waals surface area contributed by atoms with Crippen LogP contribution in [0.25, 0.3) is 0 Å².